The highest BCUT2D eigenvalue weighted by Crippen LogP contribution is 2.22. The highest BCUT2D eigenvalue weighted by atomic mass is 16.5. The Labute approximate surface area is 107 Å². The van der Waals surface area contributed by atoms with Gasteiger partial charge in [-0.2, -0.15) is 5.10 Å². The van der Waals surface area contributed by atoms with Crippen LogP contribution in [-0.2, 0) is 4.74 Å². The van der Waals surface area contributed by atoms with E-state index in [0.29, 0.717) is 11.4 Å². The normalized spacial score (nSPS) is 10.8. The van der Waals surface area contributed by atoms with Crippen molar-refractivity contribution in [1.82, 2.24) is 14.8 Å². The van der Waals surface area contributed by atoms with Gasteiger partial charge in [0, 0.05) is 6.20 Å². The maximum Gasteiger partial charge on any atom is 0.360 e. The van der Waals surface area contributed by atoms with Crippen LogP contribution in [0.1, 0.15) is 10.5 Å². The smallest absolute Gasteiger partial charge is 0.360 e. The lowest BCUT2D eigenvalue weighted by Crippen LogP contribution is -2.06. The Morgan fingerprint density at radius 1 is 1.47 bits per heavy atom. The number of nitrogens with two attached hydrogens (primary N) is 1. The number of aromatic nitrogens is 3. The number of nitrogens with zero attached hydrogens (tertiary/aromatic N) is 3. The summed E-state index contributed by atoms with van der Waals surface area (Å²) in [4.78, 5) is 15.7. The summed E-state index contributed by atoms with van der Waals surface area (Å²) in [5.41, 5.74) is 6.71. The minimum Gasteiger partial charge on any atom is -0.464 e. The molecule has 96 valence electrons. The number of fused-ring (bicyclic) bond motifs is 1. The average molecular weight is 258 g/mol. The van der Waals surface area contributed by atoms with Gasteiger partial charge in [0.1, 0.15) is 5.58 Å². The van der Waals surface area contributed by atoms with Crippen LogP contribution < -0.4 is 5.73 Å². The van der Waals surface area contributed by atoms with Crippen molar-refractivity contribution in [1.29, 1.82) is 0 Å². The van der Waals surface area contributed by atoms with Crippen molar-refractivity contribution in [2.24, 2.45) is 0 Å². The first kappa shape index (κ1) is 11.3. The number of esters is 1. The fraction of sp³-hybridized carbons (Fsp3) is 0.0833. The van der Waals surface area contributed by atoms with Gasteiger partial charge in [-0.25, -0.2) is 14.5 Å². The number of carbonyl (C=O) groups is 1. The maximum atomic E-state index is 11.5. The number of rotatable bonds is 2. The van der Waals surface area contributed by atoms with E-state index in [-0.39, 0.29) is 11.4 Å². The Morgan fingerprint density at radius 3 is 3.11 bits per heavy atom. The van der Waals surface area contributed by atoms with Crippen LogP contribution in [-0.4, -0.2) is 27.8 Å². The molecule has 19 heavy (non-hydrogen) atoms. The number of ether oxygens (including phenoxy) is 1. The first-order chi connectivity index (χ1) is 9.20. The van der Waals surface area contributed by atoms with Crippen LogP contribution in [0, 0.1) is 0 Å². The van der Waals surface area contributed by atoms with Gasteiger partial charge in [0.2, 0.25) is 0 Å². The number of hydrogen-bond acceptors (Lipinski definition) is 6. The van der Waals surface area contributed by atoms with Crippen LogP contribution in [0.4, 0.5) is 5.69 Å². The van der Waals surface area contributed by atoms with Crippen LogP contribution in [0.2, 0.25) is 0 Å². The zero-order valence-electron chi connectivity index (χ0n) is 10.0. The molecule has 0 unspecified atom stereocenters. The van der Waals surface area contributed by atoms with Crippen molar-refractivity contribution in [3.05, 3.63) is 36.5 Å². The molecule has 0 aliphatic heterocycles. The standard InChI is InChI=1S/C12H10N4O3/c1-18-12(17)10-8(13)6-16(15-10)11-7-3-5-19-9(7)2-4-14-11/h2-6H,13H2,1H3. The van der Waals surface area contributed by atoms with E-state index in [4.69, 9.17) is 10.2 Å². The summed E-state index contributed by atoms with van der Waals surface area (Å²) in [6.07, 6.45) is 4.67. The largest absolute Gasteiger partial charge is 0.464 e. The van der Waals surface area contributed by atoms with E-state index in [9.17, 15) is 4.79 Å². The summed E-state index contributed by atoms with van der Waals surface area (Å²) in [6, 6.07) is 3.51. The van der Waals surface area contributed by atoms with E-state index >= 15 is 0 Å². The van der Waals surface area contributed by atoms with Crippen molar-refractivity contribution in [2.75, 3.05) is 12.8 Å². The minimum atomic E-state index is -0.587. The zero-order chi connectivity index (χ0) is 13.4. The van der Waals surface area contributed by atoms with Crippen LogP contribution in [0.25, 0.3) is 16.8 Å². The minimum absolute atomic E-state index is 0.0600. The second-order valence-electron chi connectivity index (χ2n) is 3.84. The molecule has 3 rings (SSSR count). The Kier molecular flexibility index (Phi) is 2.45. The third-order valence-electron chi connectivity index (χ3n) is 2.70. The quantitative estimate of drug-likeness (QED) is 0.697. The van der Waals surface area contributed by atoms with Gasteiger partial charge >= 0.3 is 5.97 Å². The first-order valence-electron chi connectivity index (χ1n) is 5.46. The summed E-state index contributed by atoms with van der Waals surface area (Å²) in [6.45, 7) is 0. The molecule has 0 fully saturated rings. The molecule has 2 N–H and O–H groups in total. The number of methoxy groups -OCH3 is 1. The van der Waals surface area contributed by atoms with Crippen LogP contribution in [0.15, 0.2) is 35.2 Å². The van der Waals surface area contributed by atoms with Gasteiger partial charge in [-0.15, -0.1) is 0 Å². The van der Waals surface area contributed by atoms with Crippen LogP contribution in [0.5, 0.6) is 0 Å². The number of furan rings is 1. The van der Waals surface area contributed by atoms with E-state index in [0.717, 1.165) is 5.39 Å². The van der Waals surface area contributed by atoms with Crippen molar-refractivity contribution in [3.8, 4) is 5.82 Å². The summed E-state index contributed by atoms with van der Waals surface area (Å²) in [7, 11) is 1.27. The SMILES string of the molecule is COC(=O)c1nn(-c2nccc3occc23)cc1N. The molecule has 0 radical (unpaired) electrons. The Morgan fingerprint density at radius 2 is 2.32 bits per heavy atom. The van der Waals surface area contributed by atoms with Crippen molar-refractivity contribution in [3.63, 3.8) is 0 Å². The average Bonchev–Trinajstić information content (AvgIpc) is 3.03. The fourth-order valence-electron chi connectivity index (χ4n) is 1.81. The van der Waals surface area contributed by atoms with Gasteiger partial charge in [-0.1, -0.05) is 0 Å². The summed E-state index contributed by atoms with van der Waals surface area (Å²) >= 11 is 0. The van der Waals surface area contributed by atoms with Gasteiger partial charge in [0.05, 0.1) is 30.6 Å². The van der Waals surface area contributed by atoms with Crippen molar-refractivity contribution < 1.29 is 13.9 Å². The third-order valence-corrected chi connectivity index (χ3v) is 2.70. The lowest BCUT2D eigenvalue weighted by Gasteiger charge is -2.00. The molecular formula is C12H10N4O3. The van der Waals surface area contributed by atoms with E-state index in [1.807, 2.05) is 0 Å². The second-order valence-corrected chi connectivity index (χ2v) is 3.84. The van der Waals surface area contributed by atoms with Crippen LogP contribution >= 0.6 is 0 Å². The summed E-state index contributed by atoms with van der Waals surface area (Å²) < 4.78 is 11.3. The van der Waals surface area contributed by atoms with Gasteiger partial charge in [0.25, 0.3) is 0 Å². The molecule has 0 aliphatic carbocycles. The molecule has 0 amide bonds. The highest BCUT2D eigenvalue weighted by molar-refractivity contribution is 5.93. The van der Waals surface area contributed by atoms with Gasteiger partial charge in [-0.05, 0) is 12.1 Å². The predicted molar refractivity (Wildman–Crippen MR) is 66.9 cm³/mol. The Bertz CT molecular complexity index is 759. The van der Waals surface area contributed by atoms with Gasteiger partial charge < -0.3 is 14.9 Å². The Balaban J connectivity index is 2.17. The fourth-order valence-corrected chi connectivity index (χ4v) is 1.81. The molecule has 0 saturated heterocycles. The predicted octanol–water partition coefficient (Wildman–Crippen LogP) is 1.38. The van der Waals surface area contributed by atoms with Gasteiger partial charge in [-0.3, -0.25) is 0 Å². The first-order valence-corrected chi connectivity index (χ1v) is 5.46. The molecule has 0 saturated carbocycles. The molecule has 3 aromatic rings. The molecule has 0 aromatic carbocycles. The molecule has 3 heterocycles. The molecule has 7 nitrogen and oxygen atoms in total. The van der Waals surface area contributed by atoms with E-state index < -0.39 is 5.97 Å². The highest BCUT2D eigenvalue weighted by Gasteiger charge is 2.17. The van der Waals surface area contributed by atoms with E-state index in [1.54, 1.807) is 24.6 Å². The maximum absolute atomic E-state index is 11.5. The summed E-state index contributed by atoms with van der Waals surface area (Å²) in [5.74, 6) is -0.0521. The molecule has 0 atom stereocenters. The van der Waals surface area contributed by atoms with Crippen molar-refractivity contribution >= 4 is 22.6 Å². The van der Waals surface area contributed by atoms with Gasteiger partial charge in [0.15, 0.2) is 11.5 Å². The van der Waals surface area contributed by atoms with Crippen LogP contribution in [0.3, 0.4) is 0 Å². The second kappa shape index (κ2) is 4.13. The number of pyridine rings is 1. The molecule has 3 aromatic heterocycles. The monoisotopic (exact) mass is 258 g/mol. The lowest BCUT2D eigenvalue weighted by atomic mass is 10.3. The number of nitrogen functional groups attached to an aromatic ring is 1. The number of hydrogen-bond donors (Lipinski definition) is 1. The molecule has 0 aliphatic rings. The van der Waals surface area contributed by atoms with Crippen molar-refractivity contribution in [2.45, 2.75) is 0 Å². The Hall–Kier alpha value is -2.83. The molecule has 0 spiro atoms. The molecule has 0 bridgehead atoms. The topological polar surface area (TPSA) is 96.2 Å². The van der Waals surface area contributed by atoms with E-state index in [1.165, 1.54) is 18.0 Å². The lowest BCUT2D eigenvalue weighted by molar-refractivity contribution is 0.0594. The molecule has 7 heteroatoms. The third kappa shape index (κ3) is 1.71. The number of anilines is 1. The summed E-state index contributed by atoms with van der Waals surface area (Å²) in [5, 5.41) is 4.87. The zero-order valence-corrected chi connectivity index (χ0v) is 10.0. The number of carbonyl (C=O) groups excluding carboxylic acids is 1. The van der Waals surface area contributed by atoms with E-state index in [2.05, 4.69) is 14.8 Å². The molecular weight excluding hydrogens is 248 g/mol.